The number of hydrogen-bond acceptors (Lipinski definition) is 1. The molecule has 122 valence electrons. The molecule has 1 saturated heterocycles. The van der Waals surface area contributed by atoms with E-state index in [1.165, 1.54) is 48.1 Å². The summed E-state index contributed by atoms with van der Waals surface area (Å²) in [6, 6.07) is 20.3. The van der Waals surface area contributed by atoms with Gasteiger partial charge in [0.15, 0.2) is 0 Å². The van der Waals surface area contributed by atoms with E-state index in [0.29, 0.717) is 12.0 Å². The molecule has 0 radical (unpaired) electrons. The molecule has 1 aromatic heterocycles. The van der Waals surface area contributed by atoms with Crippen LogP contribution in [-0.2, 0) is 6.42 Å². The van der Waals surface area contributed by atoms with Crippen molar-refractivity contribution in [1.82, 2.24) is 9.88 Å². The Bertz CT molecular complexity index is 864. The number of aromatic nitrogens is 1. The number of para-hydroxylation sites is 1. The van der Waals surface area contributed by atoms with Crippen molar-refractivity contribution in [2.24, 2.45) is 5.92 Å². The lowest BCUT2D eigenvalue weighted by molar-refractivity contribution is 0.250. The summed E-state index contributed by atoms with van der Waals surface area (Å²) in [5, 5.41) is 1.46. The van der Waals surface area contributed by atoms with Gasteiger partial charge in [-0.05, 0) is 42.9 Å². The van der Waals surface area contributed by atoms with E-state index in [4.69, 9.17) is 0 Å². The molecule has 2 heteroatoms. The molecular formula is C22H24N2. The molecule has 0 amide bonds. The van der Waals surface area contributed by atoms with Crippen LogP contribution in [0.2, 0.25) is 0 Å². The minimum Gasteiger partial charge on any atom is -0.358 e. The molecule has 0 spiro atoms. The fraction of sp³-hybridized carbons (Fsp3) is 0.364. The van der Waals surface area contributed by atoms with Crippen LogP contribution in [-0.4, -0.2) is 23.0 Å². The van der Waals surface area contributed by atoms with Gasteiger partial charge in [0.2, 0.25) is 0 Å². The van der Waals surface area contributed by atoms with Crippen molar-refractivity contribution in [3.63, 3.8) is 0 Å². The van der Waals surface area contributed by atoms with Gasteiger partial charge in [-0.25, -0.2) is 0 Å². The summed E-state index contributed by atoms with van der Waals surface area (Å²) < 4.78 is 0. The Hall–Kier alpha value is -2.06. The largest absolute Gasteiger partial charge is 0.358 e. The van der Waals surface area contributed by atoms with Crippen molar-refractivity contribution in [3.8, 4) is 0 Å². The maximum Gasteiger partial charge on any atom is 0.0459 e. The number of likely N-dealkylation sites (tertiary alicyclic amines) is 1. The highest BCUT2D eigenvalue weighted by Crippen LogP contribution is 2.46. The Kier molecular flexibility index (Phi) is 3.27. The predicted molar refractivity (Wildman–Crippen MR) is 99.3 cm³/mol. The van der Waals surface area contributed by atoms with Crippen molar-refractivity contribution in [1.29, 1.82) is 0 Å². The van der Waals surface area contributed by atoms with Crippen LogP contribution in [0.4, 0.5) is 0 Å². The third-order valence-electron chi connectivity index (χ3n) is 6.26. The molecule has 2 heterocycles. The van der Waals surface area contributed by atoms with Crippen molar-refractivity contribution >= 4 is 10.9 Å². The van der Waals surface area contributed by atoms with E-state index in [0.717, 1.165) is 5.92 Å². The van der Waals surface area contributed by atoms with Gasteiger partial charge in [-0.2, -0.15) is 0 Å². The maximum atomic E-state index is 3.69. The Morgan fingerprint density at radius 2 is 1.79 bits per heavy atom. The zero-order valence-corrected chi connectivity index (χ0v) is 14.2. The van der Waals surface area contributed by atoms with Crippen molar-refractivity contribution in [2.45, 2.75) is 31.7 Å². The van der Waals surface area contributed by atoms with Crippen molar-refractivity contribution < 1.29 is 0 Å². The topological polar surface area (TPSA) is 19.0 Å². The minimum atomic E-state index is 0.505. The standard InChI is InChI=1S/C22H24N2/c1-15(16-7-3-2-4-8-16)24-13-17-11-12-21-22(19(17)14-24)18-9-5-6-10-20(18)23-21/h2-10,15,17,19,23H,11-14H2,1H3/t15?,17-,19-/m0/s1. The Labute approximate surface area is 143 Å². The van der Waals surface area contributed by atoms with Crippen LogP contribution in [0.15, 0.2) is 54.6 Å². The SMILES string of the molecule is CC(c1ccccc1)N1C[C@@H]2CCc3[nH]c4ccccc4c3[C@H]2C1. The minimum absolute atomic E-state index is 0.505. The summed E-state index contributed by atoms with van der Waals surface area (Å²) in [5.74, 6) is 1.50. The van der Waals surface area contributed by atoms with Gasteiger partial charge in [-0.3, -0.25) is 4.90 Å². The molecule has 2 aliphatic rings. The van der Waals surface area contributed by atoms with Gasteiger partial charge in [0, 0.05) is 41.6 Å². The molecule has 0 bridgehead atoms. The highest BCUT2D eigenvalue weighted by molar-refractivity contribution is 5.85. The maximum absolute atomic E-state index is 3.69. The summed E-state index contributed by atoms with van der Waals surface area (Å²) in [5.41, 5.74) is 5.87. The quantitative estimate of drug-likeness (QED) is 0.713. The molecule has 1 unspecified atom stereocenters. The first-order valence-electron chi connectivity index (χ1n) is 9.20. The van der Waals surface area contributed by atoms with Gasteiger partial charge in [-0.1, -0.05) is 48.5 Å². The third-order valence-corrected chi connectivity index (χ3v) is 6.26. The number of nitrogens with one attached hydrogen (secondary N) is 1. The van der Waals surface area contributed by atoms with Gasteiger partial charge < -0.3 is 4.98 Å². The monoisotopic (exact) mass is 316 g/mol. The molecule has 2 nitrogen and oxygen atoms in total. The number of benzene rings is 2. The van der Waals surface area contributed by atoms with Crippen LogP contribution < -0.4 is 0 Å². The molecule has 1 N–H and O–H groups in total. The second-order valence-electron chi connectivity index (χ2n) is 7.51. The number of aromatic amines is 1. The fourth-order valence-corrected chi connectivity index (χ4v) is 4.95. The average molecular weight is 316 g/mol. The number of H-pyrrole nitrogens is 1. The van der Waals surface area contributed by atoms with Gasteiger partial charge in [0.1, 0.15) is 0 Å². The van der Waals surface area contributed by atoms with E-state index in [9.17, 15) is 0 Å². The van der Waals surface area contributed by atoms with Gasteiger partial charge in [-0.15, -0.1) is 0 Å². The van der Waals surface area contributed by atoms with Crippen LogP contribution in [0.5, 0.6) is 0 Å². The summed E-state index contributed by atoms with van der Waals surface area (Å²) in [7, 11) is 0. The van der Waals surface area contributed by atoms with Gasteiger partial charge >= 0.3 is 0 Å². The second-order valence-corrected chi connectivity index (χ2v) is 7.51. The Balaban J connectivity index is 1.49. The second kappa shape index (κ2) is 5.49. The van der Waals surface area contributed by atoms with E-state index in [-0.39, 0.29) is 0 Å². The molecule has 3 aromatic rings. The molecule has 3 atom stereocenters. The lowest BCUT2D eigenvalue weighted by atomic mass is 9.79. The van der Waals surface area contributed by atoms with Crippen LogP contribution in [0.1, 0.15) is 42.1 Å². The van der Waals surface area contributed by atoms with Crippen molar-refractivity contribution in [3.05, 3.63) is 71.4 Å². The number of nitrogens with zero attached hydrogens (tertiary/aromatic N) is 1. The van der Waals surface area contributed by atoms with E-state index in [2.05, 4.69) is 71.4 Å². The molecule has 0 saturated carbocycles. The van der Waals surface area contributed by atoms with E-state index >= 15 is 0 Å². The fourth-order valence-electron chi connectivity index (χ4n) is 4.95. The van der Waals surface area contributed by atoms with Crippen LogP contribution >= 0.6 is 0 Å². The lowest BCUT2D eigenvalue weighted by Crippen LogP contribution is -2.24. The molecule has 24 heavy (non-hydrogen) atoms. The van der Waals surface area contributed by atoms with Crippen molar-refractivity contribution in [2.75, 3.05) is 13.1 Å². The Morgan fingerprint density at radius 1 is 1.00 bits per heavy atom. The number of rotatable bonds is 2. The lowest BCUT2D eigenvalue weighted by Gasteiger charge is -2.25. The first-order valence-corrected chi connectivity index (χ1v) is 9.20. The summed E-state index contributed by atoms with van der Waals surface area (Å²) in [6.07, 6.45) is 2.53. The summed E-state index contributed by atoms with van der Waals surface area (Å²) >= 11 is 0. The van der Waals surface area contributed by atoms with E-state index in [1.54, 1.807) is 5.56 Å². The van der Waals surface area contributed by atoms with E-state index < -0.39 is 0 Å². The number of aryl methyl sites for hydroxylation is 1. The average Bonchev–Trinajstić information content (AvgIpc) is 3.22. The van der Waals surface area contributed by atoms with Crippen LogP contribution in [0, 0.1) is 5.92 Å². The highest BCUT2D eigenvalue weighted by Gasteiger charge is 2.40. The van der Waals surface area contributed by atoms with E-state index in [1.807, 2.05) is 0 Å². The molecule has 1 aliphatic carbocycles. The molecule has 1 aliphatic heterocycles. The molecule has 2 aromatic carbocycles. The highest BCUT2D eigenvalue weighted by atomic mass is 15.2. The zero-order valence-electron chi connectivity index (χ0n) is 14.2. The smallest absolute Gasteiger partial charge is 0.0459 e. The summed E-state index contributed by atoms with van der Waals surface area (Å²) in [6.45, 7) is 4.79. The van der Waals surface area contributed by atoms with Gasteiger partial charge in [0.05, 0.1) is 0 Å². The van der Waals surface area contributed by atoms with Crippen LogP contribution in [0.3, 0.4) is 0 Å². The normalized spacial score (nSPS) is 24.7. The number of hydrogen-bond donors (Lipinski definition) is 1. The Morgan fingerprint density at radius 3 is 2.67 bits per heavy atom. The van der Waals surface area contributed by atoms with Crippen LogP contribution in [0.25, 0.3) is 10.9 Å². The molecule has 5 rings (SSSR count). The first-order chi connectivity index (χ1) is 11.8. The summed E-state index contributed by atoms with van der Waals surface area (Å²) in [4.78, 5) is 6.38. The third kappa shape index (κ3) is 2.13. The molecular weight excluding hydrogens is 292 g/mol. The number of fused-ring (bicyclic) bond motifs is 5. The zero-order chi connectivity index (χ0) is 16.1. The molecule has 1 fully saturated rings. The van der Waals surface area contributed by atoms with Gasteiger partial charge in [0.25, 0.3) is 0 Å². The first kappa shape index (κ1) is 14.3. The predicted octanol–water partition coefficient (Wildman–Crippen LogP) is 4.89.